The zero-order chi connectivity index (χ0) is 9.84. The first-order valence-electron chi connectivity index (χ1n) is 4.47. The van der Waals surface area contributed by atoms with Gasteiger partial charge in [0, 0.05) is 40.8 Å². The molecule has 0 bridgehead atoms. The molecule has 1 aromatic heterocycles. The van der Waals surface area contributed by atoms with Crippen LogP contribution >= 0.6 is 12.2 Å². The molecule has 1 rings (SSSR count). The zero-order valence-electron chi connectivity index (χ0n) is 8.94. The fraction of sp³-hybridized carbons (Fsp3) is 0.556. The SMILES string of the molecule is CCCCc1c(C)[nH]c(=S)[nH]c1=O.[Na]. The molecule has 73 valence electrons. The first-order valence-corrected chi connectivity index (χ1v) is 4.88. The number of aromatic amines is 2. The van der Waals surface area contributed by atoms with Crippen molar-refractivity contribution in [2.75, 3.05) is 0 Å². The Morgan fingerprint density at radius 3 is 2.50 bits per heavy atom. The van der Waals surface area contributed by atoms with Crippen LogP contribution in [0.5, 0.6) is 0 Å². The standard InChI is InChI=1S/C9H14N2OS.Na/c1-3-4-5-7-6(2)10-9(13)11-8(7)12;/h3-5H2,1-2H3,(H2,10,11,12,13);. The van der Waals surface area contributed by atoms with Crippen molar-refractivity contribution in [3.8, 4) is 0 Å². The van der Waals surface area contributed by atoms with Crippen molar-refractivity contribution in [1.82, 2.24) is 9.97 Å². The number of aromatic nitrogens is 2. The molecule has 0 aromatic carbocycles. The smallest absolute Gasteiger partial charge is 0.255 e. The Bertz CT molecular complexity index is 397. The van der Waals surface area contributed by atoms with Crippen molar-refractivity contribution < 1.29 is 0 Å². The molecular formula is C9H14N2NaOS. The van der Waals surface area contributed by atoms with Crippen LogP contribution in [-0.4, -0.2) is 39.5 Å². The summed E-state index contributed by atoms with van der Waals surface area (Å²) in [7, 11) is 0. The fourth-order valence-electron chi connectivity index (χ4n) is 1.28. The summed E-state index contributed by atoms with van der Waals surface area (Å²) in [5.74, 6) is 0. The molecule has 0 fully saturated rings. The molecule has 5 heteroatoms. The molecule has 1 aromatic rings. The predicted octanol–water partition coefficient (Wildman–Crippen LogP) is 1.70. The quantitative estimate of drug-likeness (QED) is 0.603. The van der Waals surface area contributed by atoms with Crippen molar-refractivity contribution in [1.29, 1.82) is 0 Å². The van der Waals surface area contributed by atoms with E-state index >= 15 is 0 Å². The average molecular weight is 221 g/mol. The molecule has 1 heterocycles. The Morgan fingerprint density at radius 1 is 1.36 bits per heavy atom. The average Bonchev–Trinajstić information content (AvgIpc) is 2.02. The molecule has 0 amide bonds. The van der Waals surface area contributed by atoms with E-state index in [0.717, 1.165) is 30.5 Å². The number of aryl methyl sites for hydroxylation is 1. The molecule has 3 nitrogen and oxygen atoms in total. The van der Waals surface area contributed by atoms with Gasteiger partial charge in [-0.15, -0.1) is 0 Å². The van der Waals surface area contributed by atoms with Crippen LogP contribution in [0.25, 0.3) is 0 Å². The van der Waals surface area contributed by atoms with Gasteiger partial charge in [-0.1, -0.05) is 13.3 Å². The molecule has 2 N–H and O–H groups in total. The van der Waals surface area contributed by atoms with E-state index in [4.69, 9.17) is 12.2 Å². The van der Waals surface area contributed by atoms with Crippen molar-refractivity contribution in [3.05, 3.63) is 26.4 Å². The van der Waals surface area contributed by atoms with Gasteiger partial charge in [-0.3, -0.25) is 9.78 Å². The topological polar surface area (TPSA) is 48.6 Å². The van der Waals surface area contributed by atoms with Crippen LogP contribution in [0.2, 0.25) is 0 Å². The minimum atomic E-state index is -0.0466. The van der Waals surface area contributed by atoms with Crippen molar-refractivity contribution in [2.24, 2.45) is 0 Å². The van der Waals surface area contributed by atoms with Crippen LogP contribution in [0.15, 0.2) is 4.79 Å². The van der Waals surface area contributed by atoms with Crippen LogP contribution in [-0.2, 0) is 6.42 Å². The van der Waals surface area contributed by atoms with Crippen molar-refractivity contribution >= 4 is 41.8 Å². The van der Waals surface area contributed by atoms with Gasteiger partial charge in [-0.25, -0.2) is 0 Å². The summed E-state index contributed by atoms with van der Waals surface area (Å²) in [5.41, 5.74) is 1.67. The predicted molar refractivity (Wildman–Crippen MR) is 61.4 cm³/mol. The Morgan fingerprint density at radius 2 is 2.00 bits per heavy atom. The Balaban J connectivity index is 0.00000169. The molecular weight excluding hydrogens is 207 g/mol. The fourth-order valence-corrected chi connectivity index (χ4v) is 1.53. The maximum Gasteiger partial charge on any atom is 0.255 e. The largest absolute Gasteiger partial charge is 0.336 e. The van der Waals surface area contributed by atoms with Crippen LogP contribution < -0.4 is 5.56 Å². The minimum absolute atomic E-state index is 0. The van der Waals surface area contributed by atoms with Gasteiger partial charge in [-0.2, -0.15) is 0 Å². The zero-order valence-corrected chi connectivity index (χ0v) is 11.8. The minimum Gasteiger partial charge on any atom is -0.336 e. The Kier molecular flexibility index (Phi) is 6.61. The van der Waals surface area contributed by atoms with Crippen LogP contribution in [0, 0.1) is 11.7 Å². The molecule has 1 radical (unpaired) electrons. The van der Waals surface area contributed by atoms with Gasteiger partial charge in [0.1, 0.15) is 0 Å². The monoisotopic (exact) mass is 221 g/mol. The van der Waals surface area contributed by atoms with E-state index in [0.29, 0.717) is 4.77 Å². The van der Waals surface area contributed by atoms with Gasteiger partial charge < -0.3 is 4.98 Å². The van der Waals surface area contributed by atoms with Crippen LogP contribution in [0.1, 0.15) is 31.0 Å². The number of hydrogen-bond donors (Lipinski definition) is 2. The van der Waals surface area contributed by atoms with Gasteiger partial charge in [0.25, 0.3) is 5.56 Å². The van der Waals surface area contributed by atoms with Crippen molar-refractivity contribution in [3.63, 3.8) is 0 Å². The van der Waals surface area contributed by atoms with Gasteiger partial charge in [0.15, 0.2) is 4.77 Å². The number of rotatable bonds is 3. The third kappa shape index (κ3) is 3.69. The van der Waals surface area contributed by atoms with E-state index in [1.807, 2.05) is 6.92 Å². The summed E-state index contributed by atoms with van der Waals surface area (Å²) in [6, 6.07) is 0. The van der Waals surface area contributed by atoms with Crippen LogP contribution in [0.3, 0.4) is 0 Å². The van der Waals surface area contributed by atoms with Gasteiger partial charge in [0.05, 0.1) is 0 Å². The van der Waals surface area contributed by atoms with Crippen LogP contribution in [0.4, 0.5) is 0 Å². The molecule has 0 saturated carbocycles. The molecule has 0 saturated heterocycles. The molecule has 0 unspecified atom stereocenters. The molecule has 0 spiro atoms. The summed E-state index contributed by atoms with van der Waals surface area (Å²) >= 11 is 4.85. The second kappa shape index (κ2) is 6.56. The summed E-state index contributed by atoms with van der Waals surface area (Å²) in [6.45, 7) is 3.99. The summed E-state index contributed by atoms with van der Waals surface area (Å²) < 4.78 is 0.405. The van der Waals surface area contributed by atoms with E-state index < -0.39 is 0 Å². The molecule has 0 atom stereocenters. The molecule has 0 aliphatic carbocycles. The summed E-state index contributed by atoms with van der Waals surface area (Å²) in [4.78, 5) is 17.0. The number of nitrogens with one attached hydrogen (secondary N) is 2. The maximum absolute atomic E-state index is 11.4. The number of hydrogen-bond acceptors (Lipinski definition) is 2. The van der Waals surface area contributed by atoms with Gasteiger partial charge in [-0.05, 0) is 32.0 Å². The van der Waals surface area contributed by atoms with E-state index in [1.54, 1.807) is 0 Å². The first kappa shape index (κ1) is 14.1. The van der Waals surface area contributed by atoms with E-state index in [1.165, 1.54) is 0 Å². The normalized spacial score (nSPS) is 9.57. The second-order valence-electron chi connectivity index (χ2n) is 3.12. The van der Waals surface area contributed by atoms with E-state index in [9.17, 15) is 4.79 Å². The third-order valence-corrected chi connectivity index (χ3v) is 2.24. The number of unbranched alkanes of at least 4 members (excludes halogenated alkanes) is 1. The van der Waals surface area contributed by atoms with Gasteiger partial charge >= 0.3 is 0 Å². The maximum atomic E-state index is 11.4. The second-order valence-corrected chi connectivity index (χ2v) is 3.52. The third-order valence-electron chi connectivity index (χ3n) is 2.04. The molecule has 0 aliphatic rings. The first-order chi connectivity index (χ1) is 6.15. The molecule has 14 heavy (non-hydrogen) atoms. The van der Waals surface area contributed by atoms with Crippen molar-refractivity contribution in [2.45, 2.75) is 33.1 Å². The molecule has 0 aliphatic heterocycles. The van der Waals surface area contributed by atoms with E-state index in [2.05, 4.69) is 16.9 Å². The Hall–Kier alpha value is 0.1000. The van der Waals surface area contributed by atoms with E-state index in [-0.39, 0.29) is 35.1 Å². The van der Waals surface area contributed by atoms with Gasteiger partial charge in [0.2, 0.25) is 0 Å². The Labute approximate surface area is 111 Å². The number of H-pyrrole nitrogens is 2. The summed E-state index contributed by atoms with van der Waals surface area (Å²) in [5, 5.41) is 0. The summed E-state index contributed by atoms with van der Waals surface area (Å²) in [6.07, 6.45) is 2.95.